The number of hydrogen-bond donors (Lipinski definition) is 2. The molecule has 0 aliphatic carbocycles. The molecule has 1 unspecified atom stereocenters. The summed E-state index contributed by atoms with van der Waals surface area (Å²) < 4.78 is 5.29. The molecular weight excluding hydrogens is 318 g/mol. The summed E-state index contributed by atoms with van der Waals surface area (Å²) in [6, 6.07) is 7.50. The number of amides is 2. The number of nitrogens with zero attached hydrogens (tertiary/aromatic N) is 1. The topological polar surface area (TPSA) is 70.7 Å². The van der Waals surface area contributed by atoms with Crippen molar-refractivity contribution in [3.63, 3.8) is 0 Å². The van der Waals surface area contributed by atoms with E-state index >= 15 is 0 Å². The standard InChI is InChI=1S/C16H21N3O3.ClH/c20-15-5-2-7-19(15)13-4-1-3-12(9-13)10-18-16(21)14-11-22-8-6-17-14;/h1,3-4,9,14,17H,2,5-8,10-11H2,(H,18,21);1H. The van der Waals surface area contributed by atoms with E-state index < -0.39 is 0 Å². The average molecular weight is 340 g/mol. The highest BCUT2D eigenvalue weighted by molar-refractivity contribution is 5.95. The van der Waals surface area contributed by atoms with E-state index in [1.165, 1.54) is 0 Å². The molecule has 3 rings (SSSR count). The first kappa shape index (κ1) is 17.7. The number of carbonyl (C=O) groups is 2. The summed E-state index contributed by atoms with van der Waals surface area (Å²) in [5, 5.41) is 6.04. The van der Waals surface area contributed by atoms with Gasteiger partial charge in [-0.25, -0.2) is 0 Å². The van der Waals surface area contributed by atoms with Crippen LogP contribution in [0, 0.1) is 0 Å². The van der Waals surface area contributed by atoms with E-state index in [0.717, 1.165) is 24.2 Å². The maximum absolute atomic E-state index is 12.0. The minimum Gasteiger partial charge on any atom is -0.378 e. The lowest BCUT2D eigenvalue weighted by Gasteiger charge is -2.23. The molecule has 6 nitrogen and oxygen atoms in total. The van der Waals surface area contributed by atoms with Gasteiger partial charge in [-0.1, -0.05) is 12.1 Å². The summed E-state index contributed by atoms with van der Waals surface area (Å²) >= 11 is 0. The van der Waals surface area contributed by atoms with Crippen molar-refractivity contribution >= 4 is 29.9 Å². The molecule has 0 saturated carbocycles. The van der Waals surface area contributed by atoms with E-state index in [1.807, 2.05) is 29.2 Å². The summed E-state index contributed by atoms with van der Waals surface area (Å²) in [5.74, 6) is 0.118. The predicted molar refractivity (Wildman–Crippen MR) is 89.7 cm³/mol. The van der Waals surface area contributed by atoms with E-state index in [2.05, 4.69) is 10.6 Å². The third-order valence-electron chi connectivity index (χ3n) is 4.00. The zero-order valence-electron chi connectivity index (χ0n) is 12.9. The van der Waals surface area contributed by atoms with E-state index in [4.69, 9.17) is 4.74 Å². The quantitative estimate of drug-likeness (QED) is 0.853. The lowest BCUT2D eigenvalue weighted by atomic mass is 10.1. The van der Waals surface area contributed by atoms with Gasteiger partial charge in [0.1, 0.15) is 6.04 Å². The van der Waals surface area contributed by atoms with Crippen molar-refractivity contribution in [3.05, 3.63) is 29.8 Å². The molecule has 2 saturated heterocycles. The Labute approximate surface area is 142 Å². The summed E-state index contributed by atoms with van der Waals surface area (Å²) in [5.41, 5.74) is 1.90. The van der Waals surface area contributed by atoms with Gasteiger partial charge in [-0.05, 0) is 24.1 Å². The number of carbonyl (C=O) groups excluding carboxylic acids is 2. The van der Waals surface area contributed by atoms with Crippen LogP contribution in [0.4, 0.5) is 5.69 Å². The lowest BCUT2D eigenvalue weighted by Crippen LogP contribution is -2.51. The second-order valence-corrected chi connectivity index (χ2v) is 5.62. The molecule has 2 fully saturated rings. The third-order valence-corrected chi connectivity index (χ3v) is 4.00. The average Bonchev–Trinajstić information content (AvgIpc) is 3.00. The van der Waals surface area contributed by atoms with Gasteiger partial charge in [0.05, 0.1) is 13.2 Å². The molecule has 0 spiro atoms. The van der Waals surface area contributed by atoms with Crippen LogP contribution in [0.1, 0.15) is 18.4 Å². The smallest absolute Gasteiger partial charge is 0.239 e. The SMILES string of the molecule is Cl.O=C(NCc1cccc(N2CCCC2=O)c1)C1COCCN1. The molecular formula is C16H22ClN3O3. The first-order valence-electron chi connectivity index (χ1n) is 7.72. The largest absolute Gasteiger partial charge is 0.378 e. The van der Waals surface area contributed by atoms with Crippen molar-refractivity contribution in [2.24, 2.45) is 0 Å². The number of nitrogens with one attached hydrogen (secondary N) is 2. The Bertz CT molecular complexity index is 561. The Morgan fingerprint density at radius 1 is 1.43 bits per heavy atom. The fraction of sp³-hybridized carbons (Fsp3) is 0.500. The van der Waals surface area contributed by atoms with Gasteiger partial charge >= 0.3 is 0 Å². The van der Waals surface area contributed by atoms with Gasteiger partial charge < -0.3 is 20.3 Å². The van der Waals surface area contributed by atoms with E-state index in [0.29, 0.717) is 32.7 Å². The third kappa shape index (κ3) is 4.43. The minimum absolute atomic E-state index is 0. The molecule has 0 bridgehead atoms. The van der Waals surface area contributed by atoms with Crippen LogP contribution in [0.5, 0.6) is 0 Å². The molecule has 2 aliphatic rings. The highest BCUT2D eigenvalue weighted by Crippen LogP contribution is 2.22. The van der Waals surface area contributed by atoms with Crippen LogP contribution < -0.4 is 15.5 Å². The molecule has 0 aromatic heterocycles. The number of halogens is 1. The Kier molecular flexibility index (Phi) is 6.38. The molecule has 0 radical (unpaired) electrons. The maximum Gasteiger partial charge on any atom is 0.239 e. The number of benzene rings is 1. The van der Waals surface area contributed by atoms with Crippen LogP contribution in [-0.4, -0.2) is 44.2 Å². The molecule has 1 aromatic carbocycles. The maximum atomic E-state index is 12.0. The Balaban J connectivity index is 0.00000192. The molecule has 2 aliphatic heterocycles. The van der Waals surface area contributed by atoms with Gasteiger partial charge in [-0.2, -0.15) is 0 Å². The molecule has 1 aromatic rings. The summed E-state index contributed by atoms with van der Waals surface area (Å²) in [7, 11) is 0. The fourth-order valence-electron chi connectivity index (χ4n) is 2.80. The van der Waals surface area contributed by atoms with Crippen LogP contribution >= 0.6 is 12.4 Å². The Hall–Kier alpha value is -1.63. The predicted octanol–water partition coefficient (Wildman–Crippen LogP) is 0.840. The van der Waals surface area contributed by atoms with Gasteiger partial charge in [0.2, 0.25) is 11.8 Å². The van der Waals surface area contributed by atoms with Crippen LogP contribution in [0.25, 0.3) is 0 Å². The molecule has 2 heterocycles. The van der Waals surface area contributed by atoms with Gasteiger partial charge in [0, 0.05) is 31.7 Å². The van der Waals surface area contributed by atoms with Crippen LogP contribution in [-0.2, 0) is 20.9 Å². The van der Waals surface area contributed by atoms with Crippen molar-refractivity contribution in [1.29, 1.82) is 0 Å². The summed E-state index contributed by atoms with van der Waals surface area (Å²) in [6.45, 7) is 2.99. The molecule has 1 atom stereocenters. The highest BCUT2D eigenvalue weighted by Gasteiger charge is 2.22. The fourth-order valence-corrected chi connectivity index (χ4v) is 2.80. The van der Waals surface area contributed by atoms with Crippen molar-refractivity contribution in [1.82, 2.24) is 10.6 Å². The second-order valence-electron chi connectivity index (χ2n) is 5.62. The number of rotatable bonds is 4. The molecule has 23 heavy (non-hydrogen) atoms. The minimum atomic E-state index is -0.280. The van der Waals surface area contributed by atoms with Gasteiger partial charge in [-0.3, -0.25) is 9.59 Å². The van der Waals surface area contributed by atoms with E-state index in [-0.39, 0.29) is 30.3 Å². The normalized spacial score (nSPS) is 21.0. The summed E-state index contributed by atoms with van der Waals surface area (Å²) in [6.07, 6.45) is 1.53. The van der Waals surface area contributed by atoms with Crippen molar-refractivity contribution in [2.45, 2.75) is 25.4 Å². The number of hydrogen-bond acceptors (Lipinski definition) is 4. The Morgan fingerprint density at radius 3 is 3.00 bits per heavy atom. The van der Waals surface area contributed by atoms with Crippen molar-refractivity contribution in [2.75, 3.05) is 31.2 Å². The first-order chi connectivity index (χ1) is 10.7. The van der Waals surface area contributed by atoms with Crippen LogP contribution in [0.15, 0.2) is 24.3 Å². The van der Waals surface area contributed by atoms with E-state index in [1.54, 1.807) is 0 Å². The lowest BCUT2D eigenvalue weighted by molar-refractivity contribution is -0.126. The second kappa shape index (κ2) is 8.29. The van der Waals surface area contributed by atoms with Gasteiger partial charge in [0.15, 0.2) is 0 Å². The van der Waals surface area contributed by atoms with Crippen LogP contribution in [0.2, 0.25) is 0 Å². The molecule has 126 valence electrons. The number of ether oxygens (including phenoxy) is 1. The highest BCUT2D eigenvalue weighted by atomic mass is 35.5. The Morgan fingerprint density at radius 2 is 2.30 bits per heavy atom. The van der Waals surface area contributed by atoms with E-state index in [9.17, 15) is 9.59 Å². The van der Waals surface area contributed by atoms with Crippen LogP contribution in [0.3, 0.4) is 0 Å². The van der Waals surface area contributed by atoms with Crippen molar-refractivity contribution in [3.8, 4) is 0 Å². The summed E-state index contributed by atoms with van der Waals surface area (Å²) in [4.78, 5) is 25.6. The van der Waals surface area contributed by atoms with Gasteiger partial charge in [0.25, 0.3) is 0 Å². The number of morpholine rings is 1. The number of anilines is 1. The van der Waals surface area contributed by atoms with Gasteiger partial charge in [-0.15, -0.1) is 12.4 Å². The zero-order chi connectivity index (χ0) is 15.4. The monoisotopic (exact) mass is 339 g/mol. The molecule has 2 amide bonds. The first-order valence-corrected chi connectivity index (χ1v) is 7.72. The zero-order valence-corrected chi connectivity index (χ0v) is 13.7. The van der Waals surface area contributed by atoms with Crippen molar-refractivity contribution < 1.29 is 14.3 Å². The molecule has 2 N–H and O–H groups in total. The molecule has 7 heteroatoms.